The van der Waals surface area contributed by atoms with Crippen LogP contribution in [0.2, 0.25) is 0 Å². The Morgan fingerprint density at radius 1 is 1.25 bits per heavy atom. The van der Waals surface area contributed by atoms with Crippen LogP contribution >= 0.6 is 11.3 Å². The molecular formula is C20H22N2O5S. The predicted octanol–water partition coefficient (Wildman–Crippen LogP) is 2.46. The fourth-order valence-electron chi connectivity index (χ4n) is 3.26. The fraction of sp³-hybridized carbons (Fsp3) is 0.350. The molecule has 0 saturated carbocycles. The van der Waals surface area contributed by atoms with Gasteiger partial charge in [0.05, 0.1) is 19.1 Å². The molecular weight excluding hydrogens is 380 g/mol. The van der Waals surface area contributed by atoms with E-state index in [1.807, 2.05) is 0 Å². The molecule has 28 heavy (non-hydrogen) atoms. The van der Waals surface area contributed by atoms with Gasteiger partial charge in [0, 0.05) is 10.4 Å². The highest BCUT2D eigenvalue weighted by atomic mass is 32.1. The van der Waals surface area contributed by atoms with Crippen LogP contribution in [-0.2, 0) is 33.6 Å². The van der Waals surface area contributed by atoms with Crippen molar-refractivity contribution in [2.45, 2.75) is 38.7 Å². The summed E-state index contributed by atoms with van der Waals surface area (Å²) in [6.07, 6.45) is 1.61. The number of carbonyl (C=O) groups is 3. The van der Waals surface area contributed by atoms with Crippen molar-refractivity contribution in [1.29, 1.82) is 0 Å². The number of hydrogen-bond acceptors (Lipinski definition) is 6. The van der Waals surface area contributed by atoms with E-state index in [9.17, 15) is 14.4 Å². The summed E-state index contributed by atoms with van der Waals surface area (Å²) in [4.78, 5) is 37.6. The van der Waals surface area contributed by atoms with Gasteiger partial charge in [0.15, 0.2) is 6.10 Å². The van der Waals surface area contributed by atoms with Gasteiger partial charge in [-0.2, -0.15) is 0 Å². The molecule has 0 saturated heterocycles. The van der Waals surface area contributed by atoms with Crippen molar-refractivity contribution in [3.63, 3.8) is 0 Å². The van der Waals surface area contributed by atoms with Gasteiger partial charge in [-0.15, -0.1) is 11.3 Å². The predicted molar refractivity (Wildman–Crippen MR) is 106 cm³/mol. The molecule has 0 aliphatic heterocycles. The number of amides is 2. The molecule has 2 amide bonds. The van der Waals surface area contributed by atoms with Crippen LogP contribution in [0.4, 0.5) is 5.00 Å². The van der Waals surface area contributed by atoms with Crippen LogP contribution in [0.5, 0.6) is 5.75 Å². The van der Waals surface area contributed by atoms with Crippen LogP contribution in [-0.4, -0.2) is 31.0 Å². The highest BCUT2D eigenvalue weighted by Crippen LogP contribution is 2.38. The van der Waals surface area contributed by atoms with E-state index in [1.54, 1.807) is 24.3 Å². The maximum atomic E-state index is 12.5. The number of para-hydroxylation sites is 1. The molecule has 1 aliphatic carbocycles. The summed E-state index contributed by atoms with van der Waals surface area (Å²) in [5.74, 6) is -1.03. The molecule has 2 aromatic rings. The van der Waals surface area contributed by atoms with Gasteiger partial charge in [0.2, 0.25) is 0 Å². The lowest BCUT2D eigenvalue weighted by Gasteiger charge is -2.14. The number of esters is 1. The standard InChI is InChI=1S/C20H22N2O5S/c1-11(27-16(23)10-12-6-3-4-8-14(12)26-2)19(25)22-20-17(18(21)24)13-7-5-9-15(13)28-20/h3-4,6,8,11H,5,7,9-10H2,1-2H3,(H2,21,24)(H,22,25)/t11-/m0/s1. The van der Waals surface area contributed by atoms with Crippen LogP contribution in [0.25, 0.3) is 0 Å². The molecule has 8 heteroatoms. The minimum absolute atomic E-state index is 0.0124. The monoisotopic (exact) mass is 402 g/mol. The van der Waals surface area contributed by atoms with Gasteiger partial charge < -0.3 is 20.5 Å². The number of ether oxygens (including phenoxy) is 2. The number of benzene rings is 1. The number of nitrogens with two attached hydrogens (primary N) is 1. The molecule has 0 bridgehead atoms. The first kappa shape index (κ1) is 19.9. The molecule has 0 fully saturated rings. The van der Waals surface area contributed by atoms with E-state index in [1.165, 1.54) is 25.4 Å². The molecule has 0 spiro atoms. The molecule has 1 aromatic carbocycles. The molecule has 0 unspecified atom stereocenters. The van der Waals surface area contributed by atoms with E-state index in [-0.39, 0.29) is 6.42 Å². The molecule has 1 aromatic heterocycles. The second kappa shape index (κ2) is 8.43. The first-order valence-corrected chi connectivity index (χ1v) is 9.79. The normalized spacial score (nSPS) is 13.5. The number of thiophene rings is 1. The van der Waals surface area contributed by atoms with Crippen molar-refractivity contribution in [3.8, 4) is 5.75 Å². The number of aryl methyl sites for hydroxylation is 1. The number of anilines is 1. The third-order valence-corrected chi connectivity index (χ3v) is 5.82. The number of nitrogens with one attached hydrogen (secondary N) is 1. The Morgan fingerprint density at radius 2 is 2.00 bits per heavy atom. The Hall–Kier alpha value is -2.87. The SMILES string of the molecule is COc1ccccc1CC(=O)O[C@@H](C)C(=O)Nc1sc2c(c1C(N)=O)CCC2. The topological polar surface area (TPSA) is 108 Å². The van der Waals surface area contributed by atoms with Crippen LogP contribution in [0.1, 0.15) is 39.7 Å². The zero-order valence-corrected chi connectivity index (χ0v) is 16.6. The van der Waals surface area contributed by atoms with Crippen molar-refractivity contribution in [2.75, 3.05) is 12.4 Å². The van der Waals surface area contributed by atoms with Crippen LogP contribution in [0.15, 0.2) is 24.3 Å². The molecule has 0 radical (unpaired) electrons. The van der Waals surface area contributed by atoms with Gasteiger partial charge in [-0.3, -0.25) is 14.4 Å². The van der Waals surface area contributed by atoms with E-state index >= 15 is 0 Å². The van der Waals surface area contributed by atoms with Gasteiger partial charge in [0.1, 0.15) is 10.8 Å². The second-order valence-electron chi connectivity index (χ2n) is 6.54. The number of rotatable bonds is 7. The maximum Gasteiger partial charge on any atom is 0.311 e. The summed E-state index contributed by atoms with van der Waals surface area (Å²) in [5, 5.41) is 3.12. The number of methoxy groups -OCH3 is 1. The van der Waals surface area contributed by atoms with Crippen LogP contribution < -0.4 is 15.8 Å². The first-order chi connectivity index (χ1) is 13.4. The molecule has 7 nitrogen and oxygen atoms in total. The highest BCUT2D eigenvalue weighted by molar-refractivity contribution is 7.17. The summed E-state index contributed by atoms with van der Waals surface area (Å²) in [5.41, 5.74) is 7.47. The number of hydrogen-bond donors (Lipinski definition) is 2. The van der Waals surface area contributed by atoms with Crippen LogP contribution in [0.3, 0.4) is 0 Å². The van der Waals surface area contributed by atoms with E-state index in [0.29, 0.717) is 21.9 Å². The number of carbonyl (C=O) groups excluding carboxylic acids is 3. The van der Waals surface area contributed by atoms with Crippen molar-refractivity contribution in [3.05, 3.63) is 45.8 Å². The summed E-state index contributed by atoms with van der Waals surface area (Å²) in [6.45, 7) is 1.49. The maximum absolute atomic E-state index is 12.5. The number of fused-ring (bicyclic) bond motifs is 1. The van der Waals surface area contributed by atoms with Gasteiger partial charge in [0.25, 0.3) is 11.8 Å². The summed E-state index contributed by atoms with van der Waals surface area (Å²) in [6, 6.07) is 7.11. The average Bonchev–Trinajstić information content (AvgIpc) is 3.22. The van der Waals surface area contributed by atoms with E-state index in [0.717, 1.165) is 29.7 Å². The molecule has 1 aliphatic rings. The van der Waals surface area contributed by atoms with Crippen molar-refractivity contribution in [1.82, 2.24) is 0 Å². The summed E-state index contributed by atoms with van der Waals surface area (Å²) >= 11 is 1.36. The minimum Gasteiger partial charge on any atom is -0.496 e. The smallest absolute Gasteiger partial charge is 0.311 e. The van der Waals surface area contributed by atoms with Gasteiger partial charge in [-0.05, 0) is 37.8 Å². The van der Waals surface area contributed by atoms with Gasteiger partial charge >= 0.3 is 5.97 Å². The van der Waals surface area contributed by atoms with Crippen molar-refractivity contribution >= 4 is 34.1 Å². The van der Waals surface area contributed by atoms with Gasteiger partial charge in [-0.25, -0.2) is 0 Å². The summed E-state index contributed by atoms with van der Waals surface area (Å²) < 4.78 is 10.5. The largest absolute Gasteiger partial charge is 0.496 e. The molecule has 1 atom stereocenters. The van der Waals surface area contributed by atoms with Crippen LogP contribution in [0, 0.1) is 0 Å². The quantitative estimate of drug-likeness (QED) is 0.692. The third-order valence-electron chi connectivity index (χ3n) is 4.61. The molecule has 1 heterocycles. The van der Waals surface area contributed by atoms with E-state index in [4.69, 9.17) is 15.2 Å². The average molecular weight is 402 g/mol. The Balaban J connectivity index is 1.64. The lowest BCUT2D eigenvalue weighted by molar-refractivity contribution is -0.152. The lowest BCUT2D eigenvalue weighted by atomic mass is 10.1. The second-order valence-corrected chi connectivity index (χ2v) is 7.64. The van der Waals surface area contributed by atoms with E-state index < -0.39 is 23.9 Å². The molecule has 3 N–H and O–H groups in total. The highest BCUT2D eigenvalue weighted by Gasteiger charge is 2.28. The first-order valence-electron chi connectivity index (χ1n) is 8.97. The minimum atomic E-state index is -1.01. The van der Waals surface area contributed by atoms with E-state index in [2.05, 4.69) is 5.32 Å². The zero-order valence-electron chi connectivity index (χ0n) is 15.7. The van der Waals surface area contributed by atoms with Crippen molar-refractivity contribution in [2.24, 2.45) is 5.73 Å². The summed E-state index contributed by atoms with van der Waals surface area (Å²) in [7, 11) is 1.52. The zero-order chi connectivity index (χ0) is 20.3. The molecule has 148 valence electrons. The Bertz CT molecular complexity index is 921. The lowest BCUT2D eigenvalue weighted by Crippen LogP contribution is -2.31. The Labute approximate surface area is 166 Å². The number of primary amides is 1. The molecule has 3 rings (SSSR count). The van der Waals surface area contributed by atoms with Crippen molar-refractivity contribution < 1.29 is 23.9 Å². The Kier molecular flexibility index (Phi) is 5.99. The third kappa shape index (κ3) is 4.17. The fourth-order valence-corrected chi connectivity index (χ4v) is 4.56. The van der Waals surface area contributed by atoms with Gasteiger partial charge in [-0.1, -0.05) is 18.2 Å². The Morgan fingerprint density at radius 3 is 2.71 bits per heavy atom.